The highest BCUT2D eigenvalue weighted by Crippen LogP contribution is 2.62. The van der Waals surface area contributed by atoms with Crippen LogP contribution in [0.25, 0.3) is 0 Å². The number of allylic oxidation sites excluding steroid dienone is 1. The first kappa shape index (κ1) is 38.1. The molecule has 0 saturated heterocycles. The summed E-state index contributed by atoms with van der Waals surface area (Å²) >= 11 is 0. The Morgan fingerprint density at radius 2 is 1.77 bits per heavy atom. The first-order chi connectivity index (χ1) is 25.3. The van der Waals surface area contributed by atoms with E-state index in [0.717, 1.165) is 91.0 Å². The van der Waals surface area contributed by atoms with Gasteiger partial charge in [-0.2, -0.15) is 0 Å². The number of aliphatic hydroxyl groups excluding tert-OH is 2. The second-order valence-corrected chi connectivity index (χ2v) is 15.1. The van der Waals surface area contributed by atoms with Crippen LogP contribution in [0.15, 0.2) is 65.9 Å². The van der Waals surface area contributed by atoms with Gasteiger partial charge in [0.15, 0.2) is 0 Å². The maximum absolute atomic E-state index is 14.2. The van der Waals surface area contributed by atoms with Crippen LogP contribution in [-0.4, -0.2) is 72.0 Å². The van der Waals surface area contributed by atoms with Gasteiger partial charge in [0.2, 0.25) is 11.7 Å². The molecule has 0 bridgehead atoms. The van der Waals surface area contributed by atoms with E-state index < -0.39 is 11.8 Å². The molecule has 1 aliphatic heterocycles. The average Bonchev–Trinajstić information content (AvgIpc) is 3.99. The zero-order chi connectivity index (χ0) is 36.8. The summed E-state index contributed by atoms with van der Waals surface area (Å²) in [6, 6.07) is 11.8. The average molecular weight is 715 g/mol. The van der Waals surface area contributed by atoms with Crippen LogP contribution in [0.4, 0.5) is 0 Å². The van der Waals surface area contributed by atoms with Crippen molar-refractivity contribution in [2.24, 2.45) is 28.8 Å². The summed E-state index contributed by atoms with van der Waals surface area (Å²) < 4.78 is 20.8. The lowest BCUT2D eigenvalue weighted by Crippen LogP contribution is -2.70. The van der Waals surface area contributed by atoms with Crippen LogP contribution in [0, 0.1) is 37.5 Å². The van der Waals surface area contributed by atoms with Crippen molar-refractivity contribution in [1.29, 1.82) is 0 Å². The van der Waals surface area contributed by atoms with E-state index in [1.54, 1.807) is 13.2 Å². The number of hydrogen-bond acceptors (Lipinski definition) is 8. The number of oxime groups is 1. The van der Waals surface area contributed by atoms with Gasteiger partial charge in [0, 0.05) is 43.6 Å². The van der Waals surface area contributed by atoms with Crippen molar-refractivity contribution in [3.63, 3.8) is 0 Å². The van der Waals surface area contributed by atoms with Crippen molar-refractivity contribution in [1.82, 2.24) is 4.90 Å². The topological polar surface area (TPSA) is 110 Å². The van der Waals surface area contributed by atoms with E-state index in [0.29, 0.717) is 19.4 Å². The van der Waals surface area contributed by atoms with Gasteiger partial charge >= 0.3 is 0 Å². The van der Waals surface area contributed by atoms with Crippen LogP contribution in [-0.2, 0) is 14.4 Å². The van der Waals surface area contributed by atoms with E-state index in [4.69, 9.17) is 19.0 Å². The van der Waals surface area contributed by atoms with Gasteiger partial charge in [0.1, 0.15) is 30.4 Å². The van der Waals surface area contributed by atoms with Crippen LogP contribution in [0.1, 0.15) is 93.7 Å². The van der Waals surface area contributed by atoms with E-state index in [-0.39, 0.29) is 55.3 Å². The summed E-state index contributed by atoms with van der Waals surface area (Å²) in [6.45, 7) is 11.4. The molecule has 2 aromatic rings. The van der Waals surface area contributed by atoms with Crippen LogP contribution in [0.5, 0.6) is 17.2 Å². The monoisotopic (exact) mass is 714 g/mol. The van der Waals surface area contributed by atoms with E-state index in [2.05, 4.69) is 56.8 Å². The van der Waals surface area contributed by atoms with Crippen LogP contribution < -0.4 is 9.47 Å². The van der Waals surface area contributed by atoms with Gasteiger partial charge in [-0.25, -0.2) is 0 Å². The number of hydrogen-bond donors (Lipinski definition) is 2. The van der Waals surface area contributed by atoms with E-state index in [1.165, 1.54) is 5.56 Å². The number of amides is 1. The number of rotatable bonds is 18. The van der Waals surface area contributed by atoms with E-state index >= 15 is 0 Å². The Morgan fingerprint density at radius 1 is 1.04 bits per heavy atom. The molecule has 2 N–H and O–H groups in total. The number of benzene rings is 2. The Labute approximate surface area is 309 Å². The maximum atomic E-state index is 14.2. The molecular formula is C43H58N2O7. The summed E-state index contributed by atoms with van der Waals surface area (Å²) in [5.74, 6) is 1.11. The smallest absolute Gasteiger partial charge is 0.239 e. The predicted octanol–water partition coefficient (Wildman–Crippen LogP) is 8.01. The highest BCUT2D eigenvalue weighted by Gasteiger charge is 2.65. The third-order valence-corrected chi connectivity index (χ3v) is 11.6. The lowest BCUT2D eigenvalue weighted by Gasteiger charge is -2.60. The number of carbonyl (C=O) groups excluding carboxylic acids is 1. The van der Waals surface area contributed by atoms with Crippen molar-refractivity contribution in [3.8, 4) is 17.2 Å². The second-order valence-electron chi connectivity index (χ2n) is 15.1. The lowest BCUT2D eigenvalue weighted by atomic mass is 9.55. The second kappa shape index (κ2) is 17.0. The van der Waals surface area contributed by atoms with E-state index in [1.807, 2.05) is 23.1 Å². The Balaban J connectivity index is 1.56. The molecule has 0 aromatic heterocycles. The van der Waals surface area contributed by atoms with Crippen molar-refractivity contribution in [2.45, 2.75) is 103 Å². The van der Waals surface area contributed by atoms with Gasteiger partial charge in [-0.15, -0.1) is 6.58 Å². The first-order valence-electron chi connectivity index (χ1n) is 19.5. The molecule has 2 aromatic carbocycles. The van der Waals surface area contributed by atoms with Gasteiger partial charge in [0.05, 0.1) is 18.2 Å². The highest BCUT2D eigenvalue weighted by molar-refractivity contribution is 6.03. The van der Waals surface area contributed by atoms with E-state index in [9.17, 15) is 15.0 Å². The summed E-state index contributed by atoms with van der Waals surface area (Å²) in [5, 5.41) is 24.3. The summed E-state index contributed by atoms with van der Waals surface area (Å²) in [4.78, 5) is 21.8. The Bertz CT molecular complexity index is 1630. The van der Waals surface area contributed by atoms with Gasteiger partial charge in [-0.05, 0) is 118 Å². The Morgan fingerprint density at radius 3 is 2.44 bits per heavy atom. The fourth-order valence-electron chi connectivity index (χ4n) is 8.96. The molecule has 1 amide bonds. The largest absolute Gasteiger partial charge is 0.459 e. The third kappa shape index (κ3) is 7.68. The number of fused-ring (bicyclic) bond motifs is 2. The zero-order valence-electron chi connectivity index (χ0n) is 31.5. The predicted molar refractivity (Wildman–Crippen MR) is 203 cm³/mol. The van der Waals surface area contributed by atoms with Crippen LogP contribution in [0.3, 0.4) is 0 Å². The minimum absolute atomic E-state index is 0.0213. The molecule has 52 heavy (non-hydrogen) atoms. The molecule has 6 atom stereocenters. The van der Waals surface area contributed by atoms with Crippen molar-refractivity contribution < 1.29 is 34.1 Å². The Kier molecular flexibility index (Phi) is 12.4. The molecule has 9 nitrogen and oxygen atoms in total. The number of aryl methyl sites for hydroxylation is 2. The SMILES string of the molecule is C=CCO[C@@]12Oc3ccc(Oc4ccc(C)c(C)c4)cc3[C@H]3[C@H](CCCCO)[C@@H](CCCCO)C=C(C(=NOC)C[C@@H]1N(CCC)C(=O)C1CC1)[C@H]32. The molecule has 1 heterocycles. The lowest BCUT2D eigenvalue weighted by molar-refractivity contribution is -0.257. The number of ether oxygens (including phenoxy) is 3. The molecule has 4 aliphatic rings. The molecule has 3 aliphatic carbocycles. The number of unbranched alkanes of at least 4 members (excludes halogenated alkanes) is 2. The third-order valence-electron chi connectivity index (χ3n) is 11.6. The molecule has 6 rings (SSSR count). The molecule has 9 heteroatoms. The maximum Gasteiger partial charge on any atom is 0.239 e. The molecule has 2 fully saturated rings. The van der Waals surface area contributed by atoms with Gasteiger partial charge < -0.3 is 34.2 Å². The van der Waals surface area contributed by atoms with Crippen molar-refractivity contribution in [3.05, 3.63) is 77.4 Å². The quantitative estimate of drug-likeness (QED) is 0.0915. The molecule has 282 valence electrons. The summed E-state index contributed by atoms with van der Waals surface area (Å²) in [5.41, 5.74) is 5.28. The molecule has 0 spiro atoms. The molecule has 0 unspecified atom stereocenters. The number of aliphatic hydroxyl groups is 2. The minimum atomic E-state index is -1.22. The minimum Gasteiger partial charge on any atom is -0.459 e. The van der Waals surface area contributed by atoms with Gasteiger partial charge in [-0.1, -0.05) is 43.1 Å². The van der Waals surface area contributed by atoms with Crippen molar-refractivity contribution in [2.75, 3.05) is 33.5 Å². The number of carbonyl (C=O) groups is 1. The summed E-state index contributed by atoms with van der Waals surface area (Å²) in [7, 11) is 1.58. The highest BCUT2D eigenvalue weighted by atomic mass is 16.7. The first-order valence-corrected chi connectivity index (χ1v) is 19.5. The fraction of sp³-hybridized carbons (Fsp3) is 0.581. The van der Waals surface area contributed by atoms with Crippen LogP contribution >= 0.6 is 0 Å². The van der Waals surface area contributed by atoms with Crippen LogP contribution in [0.2, 0.25) is 0 Å². The Hall–Kier alpha value is -3.66. The molecular weight excluding hydrogens is 656 g/mol. The number of nitrogens with zero attached hydrogens (tertiary/aromatic N) is 2. The zero-order valence-corrected chi connectivity index (χ0v) is 31.5. The molecule has 2 saturated carbocycles. The fourth-order valence-corrected chi connectivity index (χ4v) is 8.96. The normalized spacial score (nSPS) is 26.8. The standard InChI is InChI=1S/C43H58N2O7/c1-6-20-45(42(48)30-15-16-30)39-27-37(44-49-5)35-25-31(12-8-10-21-46)34(13-9-11-22-47)40-36-26-33(51-32-17-14-28(3)29(4)24-32)18-19-38(36)52-43(39,41(35)40)50-23-7-2/h7,14,17-19,24-26,30-31,34,39-41,46-47H,2,6,8-13,15-16,20-23,27H2,1,3-5H3/t31-,34+,39-,40+,41+,43+/m0/s1. The summed E-state index contributed by atoms with van der Waals surface area (Å²) in [6.07, 6.45) is 12.1. The van der Waals surface area contributed by atoms with Gasteiger partial charge in [0.25, 0.3) is 0 Å². The van der Waals surface area contributed by atoms with Crippen molar-refractivity contribution >= 4 is 11.6 Å². The van der Waals surface area contributed by atoms with Gasteiger partial charge in [-0.3, -0.25) is 4.79 Å². The molecule has 0 radical (unpaired) electrons.